The molecule has 0 bridgehead atoms. The molecule has 1 aromatic carbocycles. The van der Waals surface area contributed by atoms with E-state index >= 15 is 0 Å². The lowest BCUT2D eigenvalue weighted by molar-refractivity contribution is 0.534. The molecule has 0 spiro atoms. The number of benzene rings is 1. The zero-order chi connectivity index (χ0) is 12.7. The van der Waals surface area contributed by atoms with Crippen molar-refractivity contribution in [2.75, 3.05) is 0 Å². The molecule has 18 heavy (non-hydrogen) atoms. The van der Waals surface area contributed by atoms with E-state index in [1.54, 1.807) is 0 Å². The number of H-pyrrole nitrogens is 1. The van der Waals surface area contributed by atoms with Gasteiger partial charge in [0.2, 0.25) is 0 Å². The summed E-state index contributed by atoms with van der Waals surface area (Å²) in [5.41, 5.74) is 1.21. The highest BCUT2D eigenvalue weighted by atomic mass is 32.1. The van der Waals surface area contributed by atoms with Crippen LogP contribution in [0.5, 0.6) is 0 Å². The summed E-state index contributed by atoms with van der Waals surface area (Å²) < 4.78 is 29.9. The van der Waals surface area contributed by atoms with Gasteiger partial charge in [-0.05, 0) is 37.2 Å². The maximum atomic E-state index is 13.6. The molecule has 1 aromatic heterocycles. The first kappa shape index (κ1) is 11.6. The van der Waals surface area contributed by atoms with E-state index in [4.69, 9.17) is 12.2 Å². The fraction of sp³-hybridized carbons (Fsp3) is 0.308. The van der Waals surface area contributed by atoms with Gasteiger partial charge in [0, 0.05) is 29.9 Å². The average Bonchev–Trinajstić information content (AvgIpc) is 2.89. The summed E-state index contributed by atoms with van der Waals surface area (Å²) in [4.78, 5) is 2.97. The van der Waals surface area contributed by atoms with Crippen molar-refractivity contribution < 1.29 is 8.78 Å². The Labute approximate surface area is 108 Å². The summed E-state index contributed by atoms with van der Waals surface area (Å²) in [6.45, 7) is 0.818. The number of hydrogen-bond donors (Lipinski definition) is 1. The first-order chi connectivity index (χ1) is 8.66. The Morgan fingerprint density at radius 2 is 2.06 bits per heavy atom. The molecule has 0 radical (unpaired) electrons. The Bertz CT molecular complexity index is 624. The smallest absolute Gasteiger partial charge is 0.177 e. The molecule has 0 amide bonds. The van der Waals surface area contributed by atoms with Crippen molar-refractivity contribution in [2.24, 2.45) is 0 Å². The molecule has 1 aliphatic rings. The number of nitrogens with zero attached hydrogens (tertiary/aromatic N) is 1. The molecule has 3 rings (SSSR count). The Hall–Kier alpha value is -1.49. The lowest BCUT2D eigenvalue weighted by Gasteiger charge is -2.10. The summed E-state index contributed by atoms with van der Waals surface area (Å²) in [6, 6.07) is 3.99. The Morgan fingerprint density at radius 3 is 2.78 bits per heavy atom. The van der Waals surface area contributed by atoms with Crippen LogP contribution in [0.3, 0.4) is 0 Å². The maximum Gasteiger partial charge on any atom is 0.177 e. The molecule has 0 saturated carbocycles. The first-order valence-electron chi connectivity index (χ1n) is 5.88. The molecular formula is C13H12F2N2S. The molecule has 2 aromatic rings. The quantitative estimate of drug-likeness (QED) is 0.824. The van der Waals surface area contributed by atoms with Crippen molar-refractivity contribution >= 4 is 12.2 Å². The second-order valence-electron chi connectivity index (χ2n) is 4.56. The lowest BCUT2D eigenvalue weighted by Crippen LogP contribution is -2.03. The van der Waals surface area contributed by atoms with Gasteiger partial charge in [-0.25, -0.2) is 8.78 Å². The van der Waals surface area contributed by atoms with Crippen LogP contribution in [0.4, 0.5) is 8.78 Å². The summed E-state index contributed by atoms with van der Waals surface area (Å²) in [6.07, 6.45) is 3.10. The van der Waals surface area contributed by atoms with E-state index in [-0.39, 0.29) is 11.5 Å². The molecule has 94 valence electrons. The van der Waals surface area contributed by atoms with E-state index in [9.17, 15) is 8.78 Å². The number of imidazole rings is 1. The first-order valence-corrected chi connectivity index (χ1v) is 6.28. The zero-order valence-corrected chi connectivity index (χ0v) is 10.4. The third-order valence-corrected chi connectivity index (χ3v) is 3.87. The van der Waals surface area contributed by atoms with Crippen LogP contribution in [0.15, 0.2) is 24.4 Å². The normalized spacial score (nSPS) is 18.0. The van der Waals surface area contributed by atoms with E-state index in [0.29, 0.717) is 11.2 Å². The topological polar surface area (TPSA) is 20.7 Å². The van der Waals surface area contributed by atoms with E-state index < -0.39 is 11.6 Å². The lowest BCUT2D eigenvalue weighted by atomic mass is 9.95. The van der Waals surface area contributed by atoms with Gasteiger partial charge >= 0.3 is 0 Å². The SMILES string of the molecule is Fc1cccc(F)c1C[C@H]1CCn2c1c[nH]c2=S. The minimum atomic E-state index is -0.470. The molecule has 5 heteroatoms. The van der Waals surface area contributed by atoms with Crippen LogP contribution in [0.1, 0.15) is 23.6 Å². The van der Waals surface area contributed by atoms with Gasteiger partial charge in [-0.15, -0.1) is 0 Å². The molecule has 2 nitrogen and oxygen atoms in total. The van der Waals surface area contributed by atoms with Gasteiger partial charge in [0.1, 0.15) is 11.6 Å². The number of hydrogen-bond acceptors (Lipinski definition) is 1. The van der Waals surface area contributed by atoms with Crippen LogP contribution in [-0.2, 0) is 13.0 Å². The van der Waals surface area contributed by atoms with Gasteiger partial charge in [0.05, 0.1) is 0 Å². The Kier molecular flexibility index (Phi) is 2.78. The van der Waals surface area contributed by atoms with Crippen LogP contribution < -0.4 is 0 Å². The fourth-order valence-electron chi connectivity index (χ4n) is 2.59. The Balaban J connectivity index is 1.93. The standard InChI is InChI=1S/C13H12F2N2S/c14-10-2-1-3-11(15)9(10)6-8-4-5-17-12(8)7-16-13(17)18/h1-3,7-8H,4-6H2,(H,16,18)/t8-/m1/s1. The molecule has 0 fully saturated rings. The molecule has 0 aliphatic carbocycles. The van der Waals surface area contributed by atoms with E-state index in [2.05, 4.69) is 4.98 Å². The third kappa shape index (κ3) is 1.79. The van der Waals surface area contributed by atoms with Crippen molar-refractivity contribution in [3.8, 4) is 0 Å². The summed E-state index contributed by atoms with van der Waals surface area (Å²) >= 11 is 5.14. The van der Waals surface area contributed by atoms with Crippen LogP contribution in [0.2, 0.25) is 0 Å². The average molecular weight is 266 g/mol. The highest BCUT2D eigenvalue weighted by Gasteiger charge is 2.25. The maximum absolute atomic E-state index is 13.6. The van der Waals surface area contributed by atoms with E-state index in [0.717, 1.165) is 18.7 Å². The van der Waals surface area contributed by atoms with E-state index in [1.807, 2.05) is 10.8 Å². The van der Waals surface area contributed by atoms with Crippen LogP contribution in [0.25, 0.3) is 0 Å². The molecular weight excluding hydrogens is 254 g/mol. The predicted molar refractivity (Wildman–Crippen MR) is 67.0 cm³/mol. The minimum absolute atomic E-state index is 0.129. The highest BCUT2D eigenvalue weighted by molar-refractivity contribution is 7.71. The minimum Gasteiger partial charge on any atom is -0.337 e. The predicted octanol–water partition coefficient (Wildman–Crippen LogP) is 3.55. The van der Waals surface area contributed by atoms with Crippen LogP contribution in [0, 0.1) is 16.4 Å². The monoisotopic (exact) mass is 266 g/mol. The van der Waals surface area contributed by atoms with E-state index in [1.165, 1.54) is 18.2 Å². The number of aromatic amines is 1. The van der Waals surface area contributed by atoms with Crippen LogP contribution in [-0.4, -0.2) is 9.55 Å². The van der Waals surface area contributed by atoms with Gasteiger partial charge in [0.15, 0.2) is 4.77 Å². The number of nitrogens with one attached hydrogen (secondary N) is 1. The van der Waals surface area contributed by atoms with Gasteiger partial charge in [-0.1, -0.05) is 6.07 Å². The van der Waals surface area contributed by atoms with Gasteiger partial charge in [-0.3, -0.25) is 0 Å². The van der Waals surface area contributed by atoms with Gasteiger partial charge in [-0.2, -0.15) is 0 Å². The Morgan fingerprint density at radius 1 is 1.33 bits per heavy atom. The van der Waals surface area contributed by atoms with Crippen molar-refractivity contribution in [3.05, 3.63) is 52.1 Å². The largest absolute Gasteiger partial charge is 0.337 e. The zero-order valence-electron chi connectivity index (χ0n) is 9.62. The molecule has 2 heterocycles. The fourth-order valence-corrected chi connectivity index (χ4v) is 2.85. The third-order valence-electron chi connectivity index (χ3n) is 3.53. The second kappa shape index (κ2) is 4.31. The molecule has 0 unspecified atom stereocenters. The summed E-state index contributed by atoms with van der Waals surface area (Å²) in [5.74, 6) is -0.811. The number of halogens is 2. The van der Waals surface area contributed by atoms with Crippen molar-refractivity contribution in [2.45, 2.75) is 25.3 Å². The molecule has 1 aliphatic heterocycles. The highest BCUT2D eigenvalue weighted by Crippen LogP contribution is 2.32. The van der Waals surface area contributed by atoms with Crippen LogP contribution >= 0.6 is 12.2 Å². The van der Waals surface area contributed by atoms with Crippen molar-refractivity contribution in [1.82, 2.24) is 9.55 Å². The van der Waals surface area contributed by atoms with Crippen molar-refractivity contribution in [3.63, 3.8) is 0 Å². The summed E-state index contributed by atoms with van der Waals surface area (Å²) in [7, 11) is 0. The molecule has 0 saturated heterocycles. The van der Waals surface area contributed by atoms with Crippen molar-refractivity contribution in [1.29, 1.82) is 0 Å². The second-order valence-corrected chi connectivity index (χ2v) is 4.95. The number of fused-ring (bicyclic) bond motifs is 1. The molecule has 1 N–H and O–H groups in total. The van der Waals surface area contributed by atoms with Gasteiger partial charge in [0.25, 0.3) is 0 Å². The van der Waals surface area contributed by atoms with Gasteiger partial charge < -0.3 is 9.55 Å². The molecule has 1 atom stereocenters. The summed E-state index contributed by atoms with van der Waals surface area (Å²) in [5, 5.41) is 0. The number of rotatable bonds is 2. The number of aromatic nitrogens is 2.